The van der Waals surface area contributed by atoms with Crippen molar-refractivity contribution in [2.45, 2.75) is 90.3 Å². The van der Waals surface area contributed by atoms with E-state index in [4.69, 9.17) is 9.47 Å². The van der Waals surface area contributed by atoms with Crippen molar-refractivity contribution < 1.29 is 33.8 Å². The Morgan fingerprint density at radius 1 is 1.14 bits per heavy atom. The van der Waals surface area contributed by atoms with Crippen LogP contribution in [0.1, 0.15) is 86.7 Å². The van der Waals surface area contributed by atoms with Gasteiger partial charge in [0.15, 0.2) is 0 Å². The van der Waals surface area contributed by atoms with E-state index in [1.54, 1.807) is 18.7 Å². The van der Waals surface area contributed by atoms with Gasteiger partial charge in [0.1, 0.15) is 17.0 Å². The third kappa shape index (κ3) is 6.66. The molecule has 1 aromatic rings. The fourth-order valence-electron chi connectivity index (χ4n) is 4.92. The second-order valence-corrected chi connectivity index (χ2v) is 10.8. The molecular formula is C26H36N2O7S. The van der Waals surface area contributed by atoms with E-state index in [9.17, 15) is 24.3 Å². The summed E-state index contributed by atoms with van der Waals surface area (Å²) in [7, 11) is 1.27. The predicted molar refractivity (Wildman–Crippen MR) is 137 cm³/mol. The molecule has 2 N–H and O–H groups in total. The predicted octanol–water partition coefficient (Wildman–Crippen LogP) is 4.99. The van der Waals surface area contributed by atoms with E-state index >= 15 is 0 Å². The first-order valence-corrected chi connectivity index (χ1v) is 13.3. The maximum absolute atomic E-state index is 12.7. The van der Waals surface area contributed by atoms with E-state index in [0.29, 0.717) is 31.4 Å². The molecule has 1 atom stereocenters. The molecule has 9 nitrogen and oxygen atoms in total. The minimum Gasteiger partial charge on any atom is -0.477 e. The fraction of sp³-hybridized carbons (Fsp3) is 0.615. The van der Waals surface area contributed by atoms with Crippen molar-refractivity contribution in [1.82, 2.24) is 5.32 Å². The summed E-state index contributed by atoms with van der Waals surface area (Å²) >= 11 is 1.23. The molecule has 0 aliphatic heterocycles. The highest BCUT2D eigenvalue weighted by molar-refractivity contribution is 7.15. The molecule has 10 heteroatoms. The number of carbonyl (C=O) groups is 4. The number of methoxy groups -OCH3 is 1. The molecule has 2 aliphatic rings. The fourth-order valence-corrected chi connectivity index (χ4v) is 5.97. The van der Waals surface area contributed by atoms with Crippen LogP contribution in [0.3, 0.4) is 0 Å². The summed E-state index contributed by atoms with van der Waals surface area (Å²) in [6, 6.07) is 0.861. The molecule has 1 heterocycles. The number of ether oxygens (including phenoxy) is 2. The highest BCUT2D eigenvalue weighted by Crippen LogP contribution is 2.40. The number of amides is 2. The number of anilines is 1. The number of hydrogen-bond donors (Lipinski definition) is 2. The van der Waals surface area contributed by atoms with E-state index < -0.39 is 24.1 Å². The molecule has 0 saturated heterocycles. The second-order valence-electron chi connectivity index (χ2n) is 9.72. The van der Waals surface area contributed by atoms with Crippen molar-refractivity contribution in [1.29, 1.82) is 0 Å². The maximum Gasteiger partial charge on any atom is 0.408 e. The lowest BCUT2D eigenvalue weighted by Crippen LogP contribution is -2.47. The molecular weight excluding hydrogens is 484 g/mol. The summed E-state index contributed by atoms with van der Waals surface area (Å²) in [5.41, 5.74) is 1.60. The zero-order valence-corrected chi connectivity index (χ0v) is 22.2. The van der Waals surface area contributed by atoms with E-state index in [1.807, 2.05) is 6.07 Å². The van der Waals surface area contributed by atoms with Crippen molar-refractivity contribution >= 4 is 46.5 Å². The zero-order chi connectivity index (χ0) is 26.4. The lowest BCUT2D eigenvalue weighted by atomic mass is 9.91. The summed E-state index contributed by atoms with van der Waals surface area (Å²) < 4.78 is 10.3. The number of alkyl carbamates (subject to hydrolysis) is 1. The minimum atomic E-state index is -1.04. The highest BCUT2D eigenvalue weighted by Gasteiger charge is 2.34. The van der Waals surface area contributed by atoms with Crippen molar-refractivity contribution in [3.8, 4) is 0 Å². The van der Waals surface area contributed by atoms with Gasteiger partial charge in [-0.15, -0.1) is 11.3 Å². The number of nitrogens with one attached hydrogen (secondary N) is 1. The minimum absolute atomic E-state index is 0.159. The van der Waals surface area contributed by atoms with Crippen LogP contribution in [-0.2, 0) is 19.1 Å². The average molecular weight is 521 g/mol. The number of hydrogen-bond acceptors (Lipinski definition) is 7. The van der Waals surface area contributed by atoms with Crippen molar-refractivity contribution in [3.05, 3.63) is 21.9 Å². The standard InChI is InChI=1S/C26H36N2O7S/c1-15(2)22(25(32)34-4)27-26(33)35-19-12-10-18(11-13-19)28(16(3)29)20-14-21(36-23(20)24(30)31)17-8-6-5-7-9-17/h8,14-15,18-19,22H,5-7,9-13H2,1-4H3,(H,27,33)(H,30,31)/t18-,19-,22?. The lowest BCUT2D eigenvalue weighted by molar-refractivity contribution is -0.144. The maximum atomic E-state index is 12.7. The molecule has 0 radical (unpaired) electrons. The third-order valence-corrected chi connectivity index (χ3v) is 7.98. The molecule has 1 aromatic heterocycles. The molecule has 198 valence electrons. The van der Waals surface area contributed by atoms with Gasteiger partial charge in [0.05, 0.1) is 12.8 Å². The van der Waals surface area contributed by atoms with Gasteiger partial charge in [-0.2, -0.15) is 0 Å². The van der Waals surface area contributed by atoms with Gasteiger partial charge in [0, 0.05) is 17.8 Å². The number of thiophene rings is 1. The summed E-state index contributed by atoms with van der Waals surface area (Å²) in [4.78, 5) is 51.8. The van der Waals surface area contributed by atoms with Gasteiger partial charge >= 0.3 is 18.0 Å². The molecule has 3 rings (SSSR count). The van der Waals surface area contributed by atoms with Crippen LogP contribution in [0.2, 0.25) is 0 Å². The van der Waals surface area contributed by atoms with Gasteiger partial charge in [-0.05, 0) is 68.9 Å². The first-order valence-electron chi connectivity index (χ1n) is 12.5. The van der Waals surface area contributed by atoms with E-state index in [0.717, 1.165) is 36.1 Å². The lowest BCUT2D eigenvalue weighted by Gasteiger charge is -2.36. The normalized spacial score (nSPS) is 20.8. The quantitative estimate of drug-likeness (QED) is 0.463. The zero-order valence-electron chi connectivity index (χ0n) is 21.4. The van der Waals surface area contributed by atoms with Crippen molar-refractivity contribution in [3.63, 3.8) is 0 Å². The van der Waals surface area contributed by atoms with Crippen molar-refractivity contribution in [2.75, 3.05) is 12.0 Å². The van der Waals surface area contributed by atoms with Crippen LogP contribution < -0.4 is 10.2 Å². The molecule has 1 fully saturated rings. The Bertz CT molecular complexity index is 1010. The number of allylic oxidation sites excluding steroid dienone is 2. The Balaban J connectivity index is 1.68. The number of carboxylic acids is 1. The summed E-state index contributed by atoms with van der Waals surface area (Å²) in [6.07, 6.45) is 7.42. The largest absolute Gasteiger partial charge is 0.477 e. The molecule has 36 heavy (non-hydrogen) atoms. The number of aromatic carboxylic acids is 1. The molecule has 1 unspecified atom stereocenters. The molecule has 2 aliphatic carbocycles. The van der Waals surface area contributed by atoms with E-state index in [2.05, 4.69) is 11.4 Å². The summed E-state index contributed by atoms with van der Waals surface area (Å²) in [5, 5.41) is 12.4. The molecule has 0 aromatic carbocycles. The topological polar surface area (TPSA) is 122 Å². The van der Waals surface area contributed by atoms with Gasteiger partial charge in [0.25, 0.3) is 0 Å². The highest BCUT2D eigenvalue weighted by atomic mass is 32.1. The van der Waals surface area contributed by atoms with Crippen molar-refractivity contribution in [2.24, 2.45) is 5.92 Å². The van der Waals surface area contributed by atoms with E-state index in [-0.39, 0.29) is 28.8 Å². The Morgan fingerprint density at radius 3 is 2.36 bits per heavy atom. The number of rotatable bonds is 8. The van der Waals surface area contributed by atoms with Gasteiger partial charge in [-0.3, -0.25) is 4.79 Å². The second kappa shape index (κ2) is 12.4. The van der Waals surface area contributed by atoms with Crippen LogP contribution >= 0.6 is 11.3 Å². The summed E-state index contributed by atoms with van der Waals surface area (Å²) in [6.45, 7) is 5.06. The van der Waals surface area contributed by atoms with Crippen LogP contribution in [-0.4, -0.2) is 54.3 Å². The van der Waals surface area contributed by atoms with Crippen LogP contribution in [0.4, 0.5) is 10.5 Å². The van der Waals surface area contributed by atoms with Gasteiger partial charge in [0.2, 0.25) is 5.91 Å². The average Bonchev–Trinajstić information content (AvgIpc) is 3.28. The molecule has 1 saturated carbocycles. The number of nitrogens with zero attached hydrogens (tertiary/aromatic N) is 1. The van der Waals surface area contributed by atoms with E-state index in [1.165, 1.54) is 25.4 Å². The van der Waals surface area contributed by atoms with Gasteiger partial charge < -0.3 is 24.8 Å². The smallest absolute Gasteiger partial charge is 0.408 e. The van der Waals surface area contributed by atoms with Gasteiger partial charge in [-0.25, -0.2) is 14.4 Å². The molecule has 2 amide bonds. The number of carboxylic acid groups (broad SMARTS) is 1. The molecule has 0 bridgehead atoms. The van der Waals surface area contributed by atoms with Crippen LogP contribution in [0.25, 0.3) is 5.57 Å². The van der Waals surface area contributed by atoms with Crippen LogP contribution in [0.15, 0.2) is 12.1 Å². The first-order chi connectivity index (χ1) is 17.1. The Kier molecular flexibility index (Phi) is 9.53. The Hall–Kier alpha value is -2.88. The van der Waals surface area contributed by atoms with Crippen LogP contribution in [0.5, 0.6) is 0 Å². The Labute approximate surface area is 215 Å². The van der Waals surface area contributed by atoms with Gasteiger partial charge in [-0.1, -0.05) is 19.9 Å². The SMILES string of the molecule is COC(=O)C(NC(=O)O[C@H]1CC[C@H](N(C(C)=O)c2cc(C3=CCCCC3)sc2C(=O)O)CC1)C(C)C. The van der Waals surface area contributed by atoms with Crippen LogP contribution in [0, 0.1) is 5.92 Å². The Morgan fingerprint density at radius 2 is 1.83 bits per heavy atom. The number of carbonyl (C=O) groups excluding carboxylic acids is 3. The third-order valence-electron chi connectivity index (χ3n) is 6.79. The summed E-state index contributed by atoms with van der Waals surface area (Å²) in [5.74, 6) is -1.94. The molecule has 0 spiro atoms. The number of esters is 1. The monoisotopic (exact) mass is 520 g/mol. The first kappa shape index (κ1) is 27.7.